The molecule has 2 fully saturated rings. The number of hydrogen-bond acceptors (Lipinski definition) is 0. The van der Waals surface area contributed by atoms with Gasteiger partial charge in [0.25, 0.3) is 0 Å². The van der Waals surface area contributed by atoms with Gasteiger partial charge in [0.05, 0.1) is 0 Å². The average molecular weight is 324 g/mol. The minimum Gasteiger partial charge on any atom is -0.0754 e. The first-order valence-electron chi connectivity index (χ1n) is 9.97. The summed E-state index contributed by atoms with van der Waals surface area (Å²) in [5, 5.41) is 0. The zero-order valence-corrected chi connectivity index (χ0v) is 14.7. The Hall–Kier alpha value is -2.08. The van der Waals surface area contributed by atoms with Gasteiger partial charge in [-0.05, 0) is 83.8 Å². The first-order chi connectivity index (χ1) is 12.4. The van der Waals surface area contributed by atoms with E-state index in [0.29, 0.717) is 5.41 Å². The molecule has 0 N–H and O–H groups in total. The summed E-state index contributed by atoms with van der Waals surface area (Å²) in [4.78, 5) is 0. The second kappa shape index (κ2) is 4.97. The summed E-state index contributed by atoms with van der Waals surface area (Å²) in [7, 11) is 0. The van der Waals surface area contributed by atoms with E-state index in [4.69, 9.17) is 0 Å². The topological polar surface area (TPSA) is 0 Å². The number of fused-ring (bicyclic) bond motifs is 4. The largest absolute Gasteiger partial charge is 0.0754 e. The minimum absolute atomic E-state index is 0.291. The van der Waals surface area contributed by atoms with Crippen LogP contribution in [0.4, 0.5) is 0 Å². The van der Waals surface area contributed by atoms with E-state index in [-0.39, 0.29) is 0 Å². The van der Waals surface area contributed by atoms with Crippen LogP contribution >= 0.6 is 0 Å². The zero-order valence-electron chi connectivity index (χ0n) is 14.7. The number of rotatable bonds is 2. The standard InChI is InChI=1S/C25H24/c1-3-7-21-17(5-1)9-15-23(21)25(19-11-12-20(25)14-13-19)24-16-10-18-6-2-4-8-22(18)24/h1-8,15-16,19-20H,9-14H2. The van der Waals surface area contributed by atoms with Gasteiger partial charge in [0.1, 0.15) is 0 Å². The van der Waals surface area contributed by atoms with Gasteiger partial charge in [0, 0.05) is 5.41 Å². The van der Waals surface area contributed by atoms with Crippen molar-refractivity contribution in [3.63, 3.8) is 0 Å². The molecule has 0 aliphatic heterocycles. The van der Waals surface area contributed by atoms with Crippen LogP contribution in [0.2, 0.25) is 0 Å². The van der Waals surface area contributed by atoms with E-state index in [9.17, 15) is 0 Å². The molecule has 4 aliphatic carbocycles. The van der Waals surface area contributed by atoms with E-state index >= 15 is 0 Å². The molecule has 0 nitrogen and oxygen atoms in total. The molecular formula is C25H24. The summed E-state index contributed by atoms with van der Waals surface area (Å²) < 4.78 is 0. The van der Waals surface area contributed by atoms with Crippen molar-refractivity contribution in [2.45, 2.75) is 38.5 Å². The van der Waals surface area contributed by atoms with Crippen molar-refractivity contribution in [1.29, 1.82) is 0 Å². The summed E-state index contributed by atoms with van der Waals surface area (Å²) in [6.45, 7) is 0. The summed E-state index contributed by atoms with van der Waals surface area (Å²) in [6, 6.07) is 18.3. The third-order valence-corrected chi connectivity index (χ3v) is 7.57. The van der Waals surface area contributed by atoms with Gasteiger partial charge in [0.15, 0.2) is 0 Å². The Bertz CT molecular complexity index is 841. The van der Waals surface area contributed by atoms with Crippen LogP contribution in [0.25, 0.3) is 11.1 Å². The number of allylic oxidation sites excluding steroid dienone is 4. The van der Waals surface area contributed by atoms with E-state index < -0.39 is 0 Å². The molecule has 4 aliphatic rings. The summed E-state index contributed by atoms with van der Waals surface area (Å²) >= 11 is 0. The van der Waals surface area contributed by atoms with Crippen LogP contribution in [0.3, 0.4) is 0 Å². The van der Waals surface area contributed by atoms with E-state index in [2.05, 4.69) is 60.7 Å². The Labute approximate surface area is 150 Å². The lowest BCUT2D eigenvalue weighted by Crippen LogP contribution is -2.29. The van der Waals surface area contributed by atoms with Gasteiger partial charge < -0.3 is 0 Å². The van der Waals surface area contributed by atoms with Crippen molar-refractivity contribution in [3.05, 3.63) is 82.9 Å². The molecule has 25 heavy (non-hydrogen) atoms. The fourth-order valence-corrected chi connectivity index (χ4v) is 6.71. The second-order valence-corrected chi connectivity index (χ2v) is 8.38. The smallest absolute Gasteiger partial charge is 0.0265 e. The predicted octanol–water partition coefficient (Wildman–Crippen LogP) is 6.07. The molecule has 0 heteroatoms. The Morgan fingerprint density at radius 2 is 1.04 bits per heavy atom. The molecule has 2 aromatic rings. The summed E-state index contributed by atoms with van der Waals surface area (Å²) in [5.74, 6) is 1.68. The van der Waals surface area contributed by atoms with Crippen LogP contribution in [0.15, 0.2) is 60.7 Å². The average Bonchev–Trinajstić information content (AvgIpc) is 3.42. The lowest BCUT2D eigenvalue weighted by atomic mass is 9.63. The molecule has 2 bridgehead atoms. The highest BCUT2D eigenvalue weighted by molar-refractivity contribution is 5.93. The highest BCUT2D eigenvalue weighted by atomic mass is 14.6. The van der Waals surface area contributed by atoms with E-state index in [1.165, 1.54) is 36.8 Å². The summed E-state index contributed by atoms with van der Waals surface area (Å²) in [5.41, 5.74) is 9.81. The molecule has 0 amide bonds. The van der Waals surface area contributed by atoms with Gasteiger partial charge in [-0.2, -0.15) is 0 Å². The van der Waals surface area contributed by atoms with Crippen LogP contribution in [0.5, 0.6) is 0 Å². The molecule has 0 spiro atoms. The van der Waals surface area contributed by atoms with E-state index in [1.54, 1.807) is 22.3 Å². The molecule has 6 rings (SSSR count). The van der Waals surface area contributed by atoms with Crippen LogP contribution in [0, 0.1) is 17.3 Å². The molecule has 0 heterocycles. The molecule has 0 aromatic heterocycles. The van der Waals surface area contributed by atoms with Crippen molar-refractivity contribution >= 4 is 11.1 Å². The molecule has 124 valence electrons. The third kappa shape index (κ3) is 1.68. The quantitative estimate of drug-likeness (QED) is 0.628. The van der Waals surface area contributed by atoms with Crippen LogP contribution < -0.4 is 0 Å². The fraction of sp³-hybridized carbons (Fsp3) is 0.360. The highest BCUT2D eigenvalue weighted by Gasteiger charge is 2.59. The summed E-state index contributed by atoms with van der Waals surface area (Å²) in [6.07, 6.45) is 13.1. The van der Waals surface area contributed by atoms with Crippen molar-refractivity contribution in [1.82, 2.24) is 0 Å². The highest BCUT2D eigenvalue weighted by Crippen LogP contribution is 2.70. The van der Waals surface area contributed by atoms with Crippen molar-refractivity contribution in [3.8, 4) is 0 Å². The maximum absolute atomic E-state index is 2.59. The fourth-order valence-electron chi connectivity index (χ4n) is 6.71. The molecule has 0 atom stereocenters. The van der Waals surface area contributed by atoms with Gasteiger partial charge >= 0.3 is 0 Å². The van der Waals surface area contributed by atoms with Crippen LogP contribution in [-0.2, 0) is 12.8 Å². The van der Waals surface area contributed by atoms with Crippen molar-refractivity contribution in [2.75, 3.05) is 0 Å². The van der Waals surface area contributed by atoms with E-state index in [1.807, 2.05) is 0 Å². The molecule has 0 unspecified atom stereocenters. The van der Waals surface area contributed by atoms with Crippen LogP contribution in [-0.4, -0.2) is 0 Å². The second-order valence-electron chi connectivity index (χ2n) is 8.38. The molecule has 2 aromatic carbocycles. The van der Waals surface area contributed by atoms with Gasteiger partial charge in [0.2, 0.25) is 0 Å². The Morgan fingerprint density at radius 1 is 0.600 bits per heavy atom. The normalized spacial score (nSPS) is 27.8. The number of hydrogen-bond donors (Lipinski definition) is 0. The monoisotopic (exact) mass is 324 g/mol. The van der Waals surface area contributed by atoms with Crippen molar-refractivity contribution in [2.24, 2.45) is 17.3 Å². The lowest BCUT2D eigenvalue weighted by molar-refractivity contribution is 0.400. The predicted molar refractivity (Wildman–Crippen MR) is 104 cm³/mol. The maximum atomic E-state index is 2.59. The molecular weight excluding hydrogens is 300 g/mol. The third-order valence-electron chi connectivity index (χ3n) is 7.57. The van der Waals surface area contributed by atoms with Crippen LogP contribution in [0.1, 0.15) is 47.9 Å². The maximum Gasteiger partial charge on any atom is 0.0265 e. The minimum atomic E-state index is 0.291. The zero-order chi connectivity index (χ0) is 16.4. The van der Waals surface area contributed by atoms with Gasteiger partial charge in [-0.15, -0.1) is 0 Å². The first-order valence-corrected chi connectivity index (χ1v) is 9.97. The van der Waals surface area contributed by atoms with Gasteiger partial charge in [-0.3, -0.25) is 0 Å². The van der Waals surface area contributed by atoms with E-state index in [0.717, 1.165) is 24.7 Å². The van der Waals surface area contributed by atoms with Crippen molar-refractivity contribution < 1.29 is 0 Å². The first kappa shape index (κ1) is 14.1. The molecule has 0 radical (unpaired) electrons. The Morgan fingerprint density at radius 3 is 1.52 bits per heavy atom. The van der Waals surface area contributed by atoms with Gasteiger partial charge in [-0.1, -0.05) is 60.7 Å². The Kier molecular flexibility index (Phi) is 2.81. The SMILES string of the molecule is C1=C(C2(C3=CCc4ccccc43)C3CCC2CC3)c2ccccc2C1. The lowest BCUT2D eigenvalue weighted by Gasteiger charge is -2.39. The number of benzene rings is 2. The molecule has 2 saturated carbocycles. The van der Waals surface area contributed by atoms with Gasteiger partial charge in [-0.25, -0.2) is 0 Å². The molecule has 0 saturated heterocycles. The Balaban J connectivity index is 1.59.